The van der Waals surface area contributed by atoms with Gasteiger partial charge in [-0.05, 0) is 12.8 Å². The summed E-state index contributed by atoms with van der Waals surface area (Å²) in [7, 11) is 2.00. The van der Waals surface area contributed by atoms with E-state index >= 15 is 0 Å². The third-order valence-corrected chi connectivity index (χ3v) is 4.90. The van der Waals surface area contributed by atoms with E-state index in [1.54, 1.807) is 6.20 Å². The Bertz CT molecular complexity index is 379. The molecule has 1 aliphatic rings. The zero-order chi connectivity index (χ0) is 11.4. The van der Waals surface area contributed by atoms with Gasteiger partial charge in [-0.15, -0.1) is 0 Å². The normalized spacial score (nSPS) is 14.8. The van der Waals surface area contributed by atoms with Crippen molar-refractivity contribution in [2.75, 3.05) is 0 Å². The molecule has 0 bridgehead atoms. The van der Waals surface area contributed by atoms with Gasteiger partial charge in [-0.3, -0.25) is 0 Å². The molecule has 88 valence electrons. The minimum atomic E-state index is 0.909. The van der Waals surface area contributed by atoms with Gasteiger partial charge in [0.05, 0.1) is 0 Å². The van der Waals surface area contributed by atoms with E-state index < -0.39 is 0 Å². The Hall–Kier alpha value is 1.06. The number of aryl methyl sites for hydroxylation is 1. The summed E-state index contributed by atoms with van der Waals surface area (Å²) in [5.41, 5.74) is 0. The summed E-state index contributed by atoms with van der Waals surface area (Å²) in [6.07, 6.45) is 8.56. The second-order valence-corrected chi connectivity index (χ2v) is 8.17. The monoisotopic (exact) mass is 612 g/mol. The van der Waals surface area contributed by atoms with Crippen LogP contribution in [-0.2, 0) is 26.4 Å². The van der Waals surface area contributed by atoms with Gasteiger partial charge in [0.2, 0.25) is 0 Å². The van der Waals surface area contributed by atoms with Crippen LogP contribution in [0.25, 0.3) is 6.20 Å². The Morgan fingerprint density at radius 3 is 2.27 bits per heavy atom. The largest absolute Gasteiger partial charge is 0.185 e. The summed E-state index contributed by atoms with van der Waals surface area (Å²) >= 11 is 6.87. The van der Waals surface area contributed by atoms with Gasteiger partial charge in [-0.2, -0.15) is 1.33 Å². The van der Waals surface area contributed by atoms with Crippen molar-refractivity contribution in [3.63, 3.8) is 0 Å². The van der Waals surface area contributed by atoms with Crippen LogP contribution in [0.4, 0.5) is 0 Å². The van der Waals surface area contributed by atoms with E-state index in [1.807, 2.05) is 28.6 Å². The number of halogens is 2. The van der Waals surface area contributed by atoms with Gasteiger partial charge in [0.1, 0.15) is 0 Å². The molecule has 0 radical (unpaired) electrons. The van der Waals surface area contributed by atoms with Crippen molar-refractivity contribution in [2.45, 2.75) is 18.9 Å². The molecule has 0 spiro atoms. The van der Waals surface area contributed by atoms with E-state index in [9.17, 15) is 0 Å². The molecule has 3 nitrogen and oxygen atoms in total. The number of aromatic nitrogens is 2. The second kappa shape index (κ2) is 6.71. The molecule has 2 rings (SSSR count). The fourth-order valence-electron chi connectivity index (χ4n) is 0.868. The molecule has 0 aliphatic heterocycles. The maximum atomic E-state index is 3.65. The summed E-state index contributed by atoms with van der Waals surface area (Å²) < 4.78 is 7.37. The second-order valence-electron chi connectivity index (χ2n) is 3.23. The summed E-state index contributed by atoms with van der Waals surface area (Å²) in [4.78, 5) is 0. The Kier molecular flexibility index (Phi) is 6.32. The van der Waals surface area contributed by atoms with E-state index in [1.165, 1.54) is 12.8 Å². The Morgan fingerprint density at radius 2 is 2.13 bits per heavy atom. The van der Waals surface area contributed by atoms with Gasteiger partial charge < -0.3 is 0 Å². The molecule has 0 aromatic carbocycles. The molecule has 6 heteroatoms. The van der Waals surface area contributed by atoms with Crippen LogP contribution in [0.2, 0.25) is 0 Å². The standard InChI is InChI=1S/C6H8N2.C3H5I2N.Pt/c1-3-8-5-4-7(2)6-8;4-6(5)3-1-2-3;/h3-5H,1H2,2H3;3H,1-2H2;. The first-order valence-electron chi connectivity index (χ1n) is 4.48. The molecule has 0 N–H and O–H groups in total. The van der Waals surface area contributed by atoms with E-state index in [2.05, 4.69) is 73.0 Å². The predicted molar refractivity (Wildman–Crippen MR) is 75.9 cm³/mol. The van der Waals surface area contributed by atoms with Gasteiger partial charge >= 0.3 is 64.5 Å². The first-order chi connectivity index (χ1) is 7.06. The van der Waals surface area contributed by atoms with Crippen LogP contribution >= 0.6 is 45.7 Å². The molecule has 1 aromatic rings. The average Bonchev–Trinajstić information content (AvgIpc) is 2.98. The molecule has 0 amide bonds. The number of imidazole rings is 1. The van der Waals surface area contributed by atoms with Crippen LogP contribution in [-0.4, -0.2) is 16.5 Å². The maximum absolute atomic E-state index is 3.65. The SMILES string of the molecule is C=Cn1ccn(C)[c]1=[Pt].IN(I)C1CC1. The summed E-state index contributed by atoms with van der Waals surface area (Å²) in [5.74, 6) is 0. The Balaban J connectivity index is 0.000000162. The Labute approximate surface area is 129 Å². The quantitative estimate of drug-likeness (QED) is 0.370. The van der Waals surface area contributed by atoms with Gasteiger partial charge in [-0.1, -0.05) is 0 Å². The molecule has 1 fully saturated rings. The number of hydrogen-bond donors (Lipinski definition) is 0. The van der Waals surface area contributed by atoms with Gasteiger partial charge in [0, 0.05) is 51.8 Å². The molecule has 0 saturated heterocycles. The molecule has 1 saturated carbocycles. The third-order valence-electron chi connectivity index (χ3n) is 1.94. The van der Waals surface area contributed by atoms with Crippen LogP contribution in [0.15, 0.2) is 19.0 Å². The molecule has 1 aliphatic carbocycles. The smallest absolute Gasteiger partial charge is 0.0311 e. The van der Waals surface area contributed by atoms with Crippen LogP contribution in [0.3, 0.4) is 0 Å². The maximum Gasteiger partial charge on any atom is 0.0311 e. The summed E-state index contributed by atoms with van der Waals surface area (Å²) in [5, 5.41) is 0. The van der Waals surface area contributed by atoms with E-state index in [0.717, 1.165) is 9.85 Å². The predicted octanol–water partition coefficient (Wildman–Crippen LogP) is 3.16. The summed E-state index contributed by atoms with van der Waals surface area (Å²) in [6, 6.07) is 0.909. The van der Waals surface area contributed by atoms with Crippen molar-refractivity contribution in [2.24, 2.45) is 7.05 Å². The fraction of sp³-hybridized carbons (Fsp3) is 0.444. The zero-order valence-corrected chi connectivity index (χ0v) is 14.9. The molecule has 1 aromatic heterocycles. The van der Waals surface area contributed by atoms with Gasteiger partial charge in [0.15, 0.2) is 0 Å². The number of rotatable bonds is 2. The molecule has 1 heterocycles. The first-order valence-corrected chi connectivity index (χ1v) is 7.55. The molecular weight excluding hydrogens is 599 g/mol. The summed E-state index contributed by atoms with van der Waals surface area (Å²) in [6.45, 7) is 3.65. The third kappa shape index (κ3) is 4.83. The molecule has 0 atom stereocenters. The van der Waals surface area contributed by atoms with Crippen LogP contribution in [0, 0.1) is 3.80 Å². The van der Waals surface area contributed by atoms with E-state index in [-0.39, 0.29) is 0 Å². The van der Waals surface area contributed by atoms with Gasteiger partial charge in [0.25, 0.3) is 0 Å². The van der Waals surface area contributed by atoms with Crippen LogP contribution in [0.5, 0.6) is 0 Å². The average molecular weight is 612 g/mol. The molecule has 15 heavy (non-hydrogen) atoms. The van der Waals surface area contributed by atoms with Crippen molar-refractivity contribution < 1.29 is 19.4 Å². The molecular formula is C9H13I2N3Pt. The topological polar surface area (TPSA) is 13.1 Å². The van der Waals surface area contributed by atoms with Crippen molar-refractivity contribution in [3.8, 4) is 0 Å². The van der Waals surface area contributed by atoms with Crippen molar-refractivity contribution in [3.05, 3.63) is 22.8 Å². The number of hydrogen-bond acceptors (Lipinski definition) is 1. The van der Waals surface area contributed by atoms with Crippen molar-refractivity contribution >= 4 is 51.9 Å². The van der Waals surface area contributed by atoms with Crippen LogP contribution < -0.4 is 0 Å². The molecule has 0 unspecified atom stereocenters. The van der Waals surface area contributed by atoms with Crippen molar-refractivity contribution in [1.29, 1.82) is 0 Å². The number of nitrogens with zero attached hydrogens (tertiary/aromatic N) is 3. The minimum absolute atomic E-state index is 0.909. The van der Waals surface area contributed by atoms with Crippen molar-refractivity contribution in [1.82, 2.24) is 10.5 Å². The van der Waals surface area contributed by atoms with Crippen LogP contribution in [0.1, 0.15) is 12.8 Å². The Morgan fingerprint density at radius 1 is 1.53 bits per heavy atom. The fourth-order valence-corrected chi connectivity index (χ4v) is 2.53. The minimum Gasteiger partial charge on any atom is -0.185 e. The van der Waals surface area contributed by atoms with E-state index in [0.29, 0.717) is 0 Å². The van der Waals surface area contributed by atoms with E-state index in [4.69, 9.17) is 0 Å². The zero-order valence-electron chi connectivity index (χ0n) is 8.34. The van der Waals surface area contributed by atoms with Gasteiger partial charge in [-0.25, -0.2) is 0 Å². The first kappa shape index (κ1) is 14.1.